The second-order valence-corrected chi connectivity index (χ2v) is 19.2. The summed E-state index contributed by atoms with van der Waals surface area (Å²) < 4.78 is 32.9. The number of anilines is 2. The lowest BCUT2D eigenvalue weighted by atomic mass is 9.96. The number of rotatable bonds is 16. The Kier molecular flexibility index (Phi) is 18.3. The SMILES string of the molecule is CCc1cc2c(cc1C(=O)N(C(C)C)[C@@H]1CCCN(C(=O)OC(C)(C)C)C1)N(CCCCOC)C(=O)C(C)(C)O2.CCc1cc2c(cc1C(=O)OC)N(CCCCOC)C(=O)C(C)(C)O2. The highest BCUT2D eigenvalue weighted by atomic mass is 16.6. The largest absolute Gasteiger partial charge is 0.476 e. The Morgan fingerprint density at radius 2 is 1.25 bits per heavy atom. The van der Waals surface area contributed by atoms with Gasteiger partial charge in [0.05, 0.1) is 30.1 Å². The van der Waals surface area contributed by atoms with Crippen LogP contribution >= 0.6 is 0 Å². The summed E-state index contributed by atoms with van der Waals surface area (Å²) in [7, 11) is 4.68. The molecule has 0 saturated carbocycles. The number of benzene rings is 2. The first-order chi connectivity index (χ1) is 30.5. The van der Waals surface area contributed by atoms with Gasteiger partial charge in [0.1, 0.15) is 17.1 Å². The van der Waals surface area contributed by atoms with Crippen molar-refractivity contribution in [3.8, 4) is 11.5 Å². The Hall–Kier alpha value is -4.89. The monoisotopic (exact) mass is 909 g/mol. The number of carbonyl (C=O) groups is 5. The molecule has 0 spiro atoms. The maximum Gasteiger partial charge on any atom is 0.410 e. The molecule has 65 heavy (non-hydrogen) atoms. The van der Waals surface area contributed by atoms with Crippen molar-refractivity contribution in [2.45, 2.75) is 156 Å². The lowest BCUT2D eigenvalue weighted by molar-refractivity contribution is -0.133. The number of esters is 1. The Labute approximate surface area is 387 Å². The van der Waals surface area contributed by atoms with Crippen molar-refractivity contribution >= 4 is 41.2 Å². The van der Waals surface area contributed by atoms with Crippen LogP contribution in [0.25, 0.3) is 0 Å². The molecule has 0 N–H and O–H groups in total. The van der Waals surface area contributed by atoms with Gasteiger partial charge < -0.3 is 48.0 Å². The van der Waals surface area contributed by atoms with E-state index in [0.717, 1.165) is 49.7 Å². The summed E-state index contributed by atoms with van der Waals surface area (Å²) in [5.41, 5.74) is 1.50. The minimum absolute atomic E-state index is 0.0845. The van der Waals surface area contributed by atoms with Gasteiger partial charge >= 0.3 is 12.1 Å². The van der Waals surface area contributed by atoms with Gasteiger partial charge in [0.25, 0.3) is 17.7 Å². The van der Waals surface area contributed by atoms with E-state index < -0.39 is 22.8 Å². The van der Waals surface area contributed by atoms with E-state index in [1.165, 1.54) is 7.11 Å². The predicted octanol–water partition coefficient (Wildman–Crippen LogP) is 8.40. The zero-order chi connectivity index (χ0) is 48.4. The number of piperidine rings is 1. The van der Waals surface area contributed by atoms with Gasteiger partial charge in [-0.2, -0.15) is 0 Å². The number of amides is 4. The third kappa shape index (κ3) is 12.9. The maximum absolute atomic E-state index is 14.3. The van der Waals surface area contributed by atoms with Crippen LogP contribution in [0.1, 0.15) is 147 Å². The lowest BCUT2D eigenvalue weighted by Crippen LogP contribution is -2.55. The highest BCUT2D eigenvalue weighted by Crippen LogP contribution is 2.42. The molecular weight excluding hydrogens is 833 g/mol. The van der Waals surface area contributed by atoms with Crippen molar-refractivity contribution < 1.29 is 52.4 Å². The third-order valence-electron chi connectivity index (χ3n) is 11.8. The molecule has 0 unspecified atom stereocenters. The van der Waals surface area contributed by atoms with Gasteiger partial charge in [0, 0.05) is 65.2 Å². The zero-order valence-electron chi connectivity index (χ0n) is 41.6. The smallest absolute Gasteiger partial charge is 0.410 e. The number of nitrogens with zero attached hydrogens (tertiary/aromatic N) is 4. The number of fused-ring (bicyclic) bond motifs is 2. The van der Waals surface area contributed by atoms with Crippen LogP contribution in [-0.2, 0) is 41.4 Å². The molecule has 5 rings (SSSR count). The minimum atomic E-state index is -0.998. The van der Waals surface area contributed by atoms with Crippen LogP contribution < -0.4 is 19.3 Å². The molecule has 3 aliphatic heterocycles. The van der Waals surface area contributed by atoms with Gasteiger partial charge in [-0.25, -0.2) is 9.59 Å². The van der Waals surface area contributed by atoms with Crippen LogP contribution in [-0.4, -0.2) is 129 Å². The van der Waals surface area contributed by atoms with Crippen LogP contribution in [0.15, 0.2) is 24.3 Å². The zero-order valence-corrected chi connectivity index (χ0v) is 41.6. The Morgan fingerprint density at radius 3 is 1.68 bits per heavy atom. The second kappa shape index (κ2) is 22.5. The van der Waals surface area contributed by atoms with Gasteiger partial charge in [0.15, 0.2) is 11.2 Å². The van der Waals surface area contributed by atoms with Crippen LogP contribution in [0.2, 0.25) is 0 Å². The summed E-state index contributed by atoms with van der Waals surface area (Å²) in [6, 6.07) is 7.09. The standard InChI is InChI=1S/C31H49N3O6.C19H27NO5/c1-10-22-18-26-25(33(16-11-12-17-38-9)28(36)31(7,8)39-26)19-24(22)27(35)34(21(2)3)23-14-13-15-32(20-23)29(37)40-30(4,5)6;1-6-13-11-16-15(12-14(13)17(21)24-5)20(9-7-8-10-23-4)18(22)19(2,3)25-16/h18-19,21,23H,10-17,20H2,1-9H3;11-12H,6-10H2,1-5H3/t23-;/m1./s1. The first kappa shape index (κ1) is 52.7. The van der Waals surface area contributed by atoms with E-state index >= 15 is 0 Å². The molecule has 0 radical (unpaired) electrons. The molecular formula is C50H76N4O11. The van der Waals surface area contributed by atoms with Crippen molar-refractivity contribution in [2.24, 2.45) is 0 Å². The molecule has 2 aromatic rings. The normalized spacial score (nSPS) is 17.6. The molecule has 15 nitrogen and oxygen atoms in total. The van der Waals surface area contributed by atoms with Gasteiger partial charge in [-0.15, -0.1) is 0 Å². The molecule has 1 atom stereocenters. The summed E-state index contributed by atoms with van der Waals surface area (Å²) in [4.78, 5) is 72.6. The van der Waals surface area contributed by atoms with E-state index in [1.807, 2.05) is 71.6 Å². The molecule has 0 aromatic heterocycles. The fourth-order valence-electron chi connectivity index (χ4n) is 8.51. The Balaban J connectivity index is 0.000000317. The van der Waals surface area contributed by atoms with Crippen LogP contribution in [0.3, 0.4) is 0 Å². The van der Waals surface area contributed by atoms with Gasteiger partial charge in [0.2, 0.25) is 0 Å². The number of methoxy groups -OCH3 is 3. The summed E-state index contributed by atoms with van der Waals surface area (Å²) in [5, 5.41) is 0. The average molecular weight is 909 g/mol. The van der Waals surface area contributed by atoms with E-state index in [9.17, 15) is 24.0 Å². The summed E-state index contributed by atoms with van der Waals surface area (Å²) >= 11 is 0. The number of ether oxygens (including phenoxy) is 6. The van der Waals surface area contributed by atoms with Crippen molar-refractivity contribution in [1.29, 1.82) is 0 Å². The highest BCUT2D eigenvalue weighted by molar-refractivity contribution is 6.06. The molecule has 2 aromatic carbocycles. The van der Waals surface area contributed by atoms with Gasteiger partial charge in [-0.1, -0.05) is 13.8 Å². The first-order valence-electron chi connectivity index (χ1n) is 23.3. The molecule has 4 amide bonds. The minimum Gasteiger partial charge on any atom is -0.476 e. The van der Waals surface area contributed by atoms with E-state index in [1.54, 1.807) is 62.7 Å². The van der Waals surface area contributed by atoms with Crippen molar-refractivity contribution in [3.05, 3.63) is 46.5 Å². The number of carbonyl (C=O) groups excluding carboxylic acids is 5. The molecule has 3 aliphatic rings. The van der Waals surface area contributed by atoms with E-state index in [-0.39, 0.29) is 35.9 Å². The molecule has 1 fully saturated rings. The Morgan fingerprint density at radius 1 is 0.769 bits per heavy atom. The van der Waals surface area contributed by atoms with Crippen LogP contribution in [0.4, 0.5) is 16.2 Å². The predicted molar refractivity (Wildman–Crippen MR) is 251 cm³/mol. The van der Waals surface area contributed by atoms with Gasteiger partial charge in [-0.3, -0.25) is 14.4 Å². The number of hydrogen-bond acceptors (Lipinski definition) is 11. The van der Waals surface area contributed by atoms with Gasteiger partial charge in [-0.05, 0) is 149 Å². The van der Waals surface area contributed by atoms with E-state index in [0.29, 0.717) is 86.2 Å². The van der Waals surface area contributed by atoms with Crippen molar-refractivity contribution in [2.75, 3.05) is 70.5 Å². The maximum atomic E-state index is 14.3. The number of unbranched alkanes of at least 4 members (excludes halogenated alkanes) is 2. The number of likely N-dealkylation sites (tertiary alicyclic amines) is 1. The molecule has 0 aliphatic carbocycles. The topological polar surface area (TPSA) is 154 Å². The van der Waals surface area contributed by atoms with Crippen LogP contribution in [0.5, 0.6) is 11.5 Å². The lowest BCUT2D eigenvalue weighted by Gasteiger charge is -2.42. The third-order valence-corrected chi connectivity index (χ3v) is 11.8. The summed E-state index contributed by atoms with van der Waals surface area (Å²) in [5.74, 6) is 0.507. The average Bonchev–Trinajstić information content (AvgIpc) is 3.24. The fraction of sp³-hybridized carbons (Fsp3) is 0.660. The number of aryl methyl sites for hydroxylation is 2. The first-order valence-corrected chi connectivity index (χ1v) is 23.3. The fourth-order valence-corrected chi connectivity index (χ4v) is 8.51. The molecule has 1 saturated heterocycles. The molecule has 15 heteroatoms. The second-order valence-electron chi connectivity index (χ2n) is 19.2. The number of hydrogen-bond donors (Lipinski definition) is 0. The summed E-state index contributed by atoms with van der Waals surface area (Å²) in [6.07, 6.45) is 5.81. The molecule has 362 valence electrons. The molecule has 0 bridgehead atoms. The molecule has 3 heterocycles. The van der Waals surface area contributed by atoms with E-state index in [4.69, 9.17) is 28.4 Å². The van der Waals surface area contributed by atoms with Crippen molar-refractivity contribution in [1.82, 2.24) is 9.80 Å². The Bertz CT molecular complexity index is 2010. The quantitative estimate of drug-likeness (QED) is 0.118. The van der Waals surface area contributed by atoms with E-state index in [2.05, 4.69) is 0 Å². The van der Waals surface area contributed by atoms with Crippen LogP contribution in [0, 0.1) is 0 Å². The summed E-state index contributed by atoms with van der Waals surface area (Å²) in [6.45, 7) is 24.0. The highest BCUT2D eigenvalue weighted by Gasteiger charge is 2.43. The van der Waals surface area contributed by atoms with Crippen molar-refractivity contribution in [3.63, 3.8) is 0 Å².